The van der Waals surface area contributed by atoms with Gasteiger partial charge in [-0.05, 0) is 31.2 Å². The standard InChI is InChI=1S/C23H29N7O/c1-16(2)30-12-18(10-25-30)11-28-13-19-8-21-26-27-22(29(21)15-20(19)14-28)23(31)24-9-17-6-4-3-5-7-17/h3-7,10,12,16,19-20H,8-9,11,13-15H2,1-2H3,(H,24,31)/t19-,20-/m1/s1. The summed E-state index contributed by atoms with van der Waals surface area (Å²) < 4.78 is 4.04. The third-order valence-electron chi connectivity index (χ3n) is 6.43. The van der Waals surface area contributed by atoms with Gasteiger partial charge in [0.25, 0.3) is 5.91 Å². The number of hydrogen-bond donors (Lipinski definition) is 1. The van der Waals surface area contributed by atoms with E-state index in [0.29, 0.717) is 30.2 Å². The van der Waals surface area contributed by atoms with Gasteiger partial charge in [-0.2, -0.15) is 5.10 Å². The topological polar surface area (TPSA) is 80.9 Å². The van der Waals surface area contributed by atoms with Crippen molar-refractivity contribution < 1.29 is 4.79 Å². The van der Waals surface area contributed by atoms with Crippen LogP contribution in [-0.2, 0) is 26.1 Å². The number of carbonyl (C=O) groups excluding carboxylic acids is 1. The van der Waals surface area contributed by atoms with Crippen molar-refractivity contribution in [2.45, 2.75) is 45.9 Å². The van der Waals surface area contributed by atoms with E-state index in [1.165, 1.54) is 5.56 Å². The Hall–Kier alpha value is -3.00. The van der Waals surface area contributed by atoms with Gasteiger partial charge in [-0.3, -0.25) is 14.4 Å². The number of fused-ring (bicyclic) bond motifs is 2. The highest BCUT2D eigenvalue weighted by Crippen LogP contribution is 2.33. The van der Waals surface area contributed by atoms with Crippen molar-refractivity contribution in [1.29, 1.82) is 0 Å². The van der Waals surface area contributed by atoms with E-state index in [1.807, 2.05) is 45.8 Å². The molecule has 2 aliphatic heterocycles. The molecule has 5 rings (SSSR count). The summed E-state index contributed by atoms with van der Waals surface area (Å²) in [5, 5.41) is 16.0. The molecule has 3 aromatic rings. The summed E-state index contributed by atoms with van der Waals surface area (Å²) in [5.74, 6) is 2.29. The van der Waals surface area contributed by atoms with E-state index in [4.69, 9.17) is 0 Å². The average Bonchev–Trinajstić information content (AvgIpc) is 3.49. The SMILES string of the molecule is CC(C)n1cc(CN2C[C@H]3Cc4nnc(C(=O)NCc5ccccc5)n4C[C@H]3C2)cn1. The molecule has 8 nitrogen and oxygen atoms in total. The van der Waals surface area contributed by atoms with Crippen molar-refractivity contribution in [3.63, 3.8) is 0 Å². The zero-order valence-corrected chi connectivity index (χ0v) is 18.1. The number of hydrogen-bond acceptors (Lipinski definition) is 5. The minimum atomic E-state index is -0.156. The first-order valence-corrected chi connectivity index (χ1v) is 11.1. The van der Waals surface area contributed by atoms with Gasteiger partial charge in [-0.25, -0.2) is 0 Å². The van der Waals surface area contributed by atoms with Gasteiger partial charge in [-0.15, -0.1) is 10.2 Å². The quantitative estimate of drug-likeness (QED) is 0.663. The second-order valence-electron chi connectivity index (χ2n) is 9.06. The molecule has 0 bridgehead atoms. The third-order valence-corrected chi connectivity index (χ3v) is 6.43. The van der Waals surface area contributed by atoms with E-state index < -0.39 is 0 Å². The largest absolute Gasteiger partial charge is 0.345 e. The van der Waals surface area contributed by atoms with Crippen LogP contribution < -0.4 is 5.32 Å². The molecule has 2 atom stereocenters. The number of amides is 1. The molecule has 1 amide bonds. The molecule has 2 aliphatic rings. The highest BCUT2D eigenvalue weighted by atomic mass is 16.2. The van der Waals surface area contributed by atoms with Gasteiger partial charge >= 0.3 is 0 Å². The number of carbonyl (C=O) groups is 1. The highest BCUT2D eigenvalue weighted by Gasteiger charge is 2.39. The number of nitrogens with zero attached hydrogens (tertiary/aromatic N) is 6. The number of likely N-dealkylation sites (tertiary alicyclic amines) is 1. The highest BCUT2D eigenvalue weighted by molar-refractivity contribution is 5.90. The first-order valence-electron chi connectivity index (χ1n) is 11.1. The second kappa shape index (κ2) is 8.26. The van der Waals surface area contributed by atoms with E-state index in [9.17, 15) is 4.79 Å². The van der Waals surface area contributed by atoms with Crippen LogP contribution in [0.5, 0.6) is 0 Å². The summed E-state index contributed by atoms with van der Waals surface area (Å²) >= 11 is 0. The van der Waals surface area contributed by atoms with Crippen LogP contribution in [0.3, 0.4) is 0 Å². The van der Waals surface area contributed by atoms with E-state index in [1.54, 1.807) is 0 Å². The molecule has 162 valence electrons. The van der Waals surface area contributed by atoms with Crippen LogP contribution in [0.4, 0.5) is 0 Å². The molecule has 0 saturated carbocycles. The predicted octanol–water partition coefficient (Wildman–Crippen LogP) is 2.29. The van der Waals surface area contributed by atoms with E-state index >= 15 is 0 Å². The summed E-state index contributed by atoms with van der Waals surface area (Å²) in [6.07, 6.45) is 5.01. The van der Waals surface area contributed by atoms with Crippen molar-refractivity contribution in [2.75, 3.05) is 13.1 Å². The first kappa shape index (κ1) is 19.9. The lowest BCUT2D eigenvalue weighted by Gasteiger charge is -2.25. The molecule has 0 aliphatic carbocycles. The zero-order chi connectivity index (χ0) is 21.4. The maximum Gasteiger partial charge on any atom is 0.289 e. The van der Waals surface area contributed by atoms with Crippen molar-refractivity contribution in [3.05, 3.63) is 65.5 Å². The Morgan fingerprint density at radius 3 is 2.68 bits per heavy atom. The summed E-state index contributed by atoms with van der Waals surface area (Å²) in [4.78, 5) is 15.3. The van der Waals surface area contributed by atoms with Gasteiger partial charge in [-0.1, -0.05) is 30.3 Å². The van der Waals surface area contributed by atoms with E-state index in [-0.39, 0.29) is 5.91 Å². The minimum Gasteiger partial charge on any atom is -0.345 e. The van der Waals surface area contributed by atoms with Crippen LogP contribution in [-0.4, -0.2) is 48.4 Å². The molecule has 2 aromatic heterocycles. The Balaban J connectivity index is 1.22. The van der Waals surface area contributed by atoms with Crippen LogP contribution >= 0.6 is 0 Å². The lowest BCUT2D eigenvalue weighted by Crippen LogP contribution is -2.32. The van der Waals surface area contributed by atoms with Crippen molar-refractivity contribution >= 4 is 5.91 Å². The first-order chi connectivity index (χ1) is 15.1. The smallest absolute Gasteiger partial charge is 0.289 e. The molecule has 0 unspecified atom stereocenters. The van der Waals surface area contributed by atoms with Gasteiger partial charge in [0.05, 0.1) is 6.20 Å². The molecule has 8 heteroatoms. The van der Waals surface area contributed by atoms with Crippen molar-refractivity contribution in [3.8, 4) is 0 Å². The molecule has 0 spiro atoms. The van der Waals surface area contributed by atoms with Crippen LogP contribution in [0.25, 0.3) is 0 Å². The normalized spacial score (nSPS) is 20.6. The van der Waals surface area contributed by atoms with E-state index in [0.717, 1.165) is 44.0 Å². The van der Waals surface area contributed by atoms with Crippen LogP contribution in [0.2, 0.25) is 0 Å². The fourth-order valence-corrected chi connectivity index (χ4v) is 4.78. The maximum absolute atomic E-state index is 12.8. The lowest BCUT2D eigenvalue weighted by atomic mass is 9.89. The monoisotopic (exact) mass is 419 g/mol. The van der Waals surface area contributed by atoms with Gasteiger partial charge in [0, 0.05) is 56.9 Å². The van der Waals surface area contributed by atoms with Gasteiger partial charge in [0.15, 0.2) is 0 Å². The Morgan fingerprint density at radius 2 is 1.90 bits per heavy atom. The summed E-state index contributed by atoms with van der Waals surface area (Å²) in [6, 6.07) is 10.3. The molecular weight excluding hydrogens is 390 g/mol. The number of benzene rings is 1. The molecule has 1 saturated heterocycles. The second-order valence-corrected chi connectivity index (χ2v) is 9.06. The van der Waals surface area contributed by atoms with E-state index in [2.05, 4.69) is 45.6 Å². The number of aromatic nitrogens is 5. The van der Waals surface area contributed by atoms with Crippen LogP contribution in [0, 0.1) is 11.8 Å². The molecule has 1 N–H and O–H groups in total. The fourth-order valence-electron chi connectivity index (χ4n) is 4.78. The lowest BCUT2D eigenvalue weighted by molar-refractivity contribution is 0.0932. The summed E-state index contributed by atoms with van der Waals surface area (Å²) in [6.45, 7) is 8.59. The molecule has 31 heavy (non-hydrogen) atoms. The van der Waals surface area contributed by atoms with Crippen LogP contribution in [0.15, 0.2) is 42.7 Å². The van der Waals surface area contributed by atoms with Gasteiger partial charge in [0.1, 0.15) is 5.82 Å². The molecule has 0 radical (unpaired) electrons. The Bertz CT molecular complexity index is 1060. The Kier molecular flexibility index (Phi) is 5.31. The van der Waals surface area contributed by atoms with Gasteiger partial charge < -0.3 is 9.88 Å². The summed E-state index contributed by atoms with van der Waals surface area (Å²) in [5.41, 5.74) is 2.33. The molecule has 4 heterocycles. The van der Waals surface area contributed by atoms with Gasteiger partial charge in [0.2, 0.25) is 5.82 Å². The third kappa shape index (κ3) is 4.12. The van der Waals surface area contributed by atoms with Crippen molar-refractivity contribution in [2.24, 2.45) is 11.8 Å². The fraction of sp³-hybridized carbons (Fsp3) is 0.478. The Morgan fingerprint density at radius 1 is 1.10 bits per heavy atom. The predicted molar refractivity (Wildman–Crippen MR) is 116 cm³/mol. The molecule has 1 fully saturated rings. The average molecular weight is 420 g/mol. The zero-order valence-electron chi connectivity index (χ0n) is 18.1. The summed E-state index contributed by atoms with van der Waals surface area (Å²) in [7, 11) is 0. The molecular formula is C23H29N7O. The molecule has 1 aromatic carbocycles. The maximum atomic E-state index is 12.8. The minimum absolute atomic E-state index is 0.156. The number of nitrogens with one attached hydrogen (secondary N) is 1. The Labute approximate surface area is 182 Å². The number of rotatable bonds is 6. The van der Waals surface area contributed by atoms with Crippen LogP contribution in [0.1, 0.15) is 47.5 Å². The van der Waals surface area contributed by atoms with Crippen molar-refractivity contribution in [1.82, 2.24) is 34.8 Å².